The van der Waals surface area contributed by atoms with E-state index in [-0.39, 0.29) is 17.0 Å². The van der Waals surface area contributed by atoms with E-state index in [0.717, 1.165) is 49.3 Å². The maximum atomic E-state index is 13.3. The van der Waals surface area contributed by atoms with E-state index in [4.69, 9.17) is 12.2 Å². The number of thioether (sulfide) groups is 1. The second-order valence-corrected chi connectivity index (χ2v) is 9.84. The van der Waals surface area contributed by atoms with Crippen LogP contribution in [0.1, 0.15) is 42.0 Å². The molecule has 0 atom stereocenters. The molecule has 2 saturated heterocycles. The van der Waals surface area contributed by atoms with Gasteiger partial charge in [-0.2, -0.15) is 5.26 Å². The van der Waals surface area contributed by atoms with Crippen molar-refractivity contribution >= 4 is 46.1 Å². The van der Waals surface area contributed by atoms with Gasteiger partial charge in [-0.15, -0.1) is 0 Å². The monoisotopic (exact) mass is 478 g/mol. The van der Waals surface area contributed by atoms with Crippen LogP contribution in [0.25, 0.3) is 6.08 Å². The first-order valence-corrected chi connectivity index (χ1v) is 12.4. The van der Waals surface area contributed by atoms with Crippen molar-refractivity contribution in [2.24, 2.45) is 0 Å². The van der Waals surface area contributed by atoms with Crippen LogP contribution in [0.2, 0.25) is 0 Å². The quantitative estimate of drug-likeness (QED) is 0.460. The van der Waals surface area contributed by atoms with E-state index in [9.17, 15) is 14.9 Å². The minimum atomic E-state index is -0.271. The van der Waals surface area contributed by atoms with Crippen LogP contribution in [0.3, 0.4) is 0 Å². The first-order chi connectivity index (χ1) is 16.0. The fraction of sp³-hybridized carbons (Fsp3) is 0.360. The van der Waals surface area contributed by atoms with E-state index >= 15 is 0 Å². The van der Waals surface area contributed by atoms with Crippen molar-refractivity contribution in [3.8, 4) is 6.07 Å². The summed E-state index contributed by atoms with van der Waals surface area (Å²) in [6.45, 7) is 6.37. The van der Waals surface area contributed by atoms with E-state index < -0.39 is 0 Å². The number of nitrogens with zero attached hydrogens (tertiary/aromatic N) is 4. The predicted octanol–water partition coefficient (Wildman–Crippen LogP) is 4.09. The van der Waals surface area contributed by atoms with Gasteiger partial charge in [0.1, 0.15) is 21.8 Å². The predicted molar refractivity (Wildman–Crippen MR) is 137 cm³/mol. The molecular weight excluding hydrogens is 452 g/mol. The van der Waals surface area contributed by atoms with Crippen LogP contribution in [0.4, 0.5) is 5.82 Å². The lowest BCUT2D eigenvalue weighted by molar-refractivity contribution is -0.122. The highest BCUT2D eigenvalue weighted by atomic mass is 32.2. The molecule has 0 N–H and O–H groups in total. The molecule has 1 amide bonds. The summed E-state index contributed by atoms with van der Waals surface area (Å²) in [6, 6.07) is 12.1. The molecule has 1 aromatic carbocycles. The maximum absolute atomic E-state index is 13.3. The molecule has 170 valence electrons. The van der Waals surface area contributed by atoms with E-state index in [1.54, 1.807) is 16.4 Å². The number of hydrogen-bond donors (Lipinski definition) is 0. The third kappa shape index (κ3) is 4.48. The Balaban J connectivity index is 1.73. The van der Waals surface area contributed by atoms with E-state index in [1.807, 2.05) is 43.3 Å². The van der Waals surface area contributed by atoms with E-state index in [0.29, 0.717) is 27.9 Å². The lowest BCUT2D eigenvalue weighted by atomic mass is 10.0. The second kappa shape index (κ2) is 9.94. The number of thiocarbonyl (C=S) groups is 1. The van der Waals surface area contributed by atoms with Crippen LogP contribution in [0.15, 0.2) is 40.0 Å². The van der Waals surface area contributed by atoms with Gasteiger partial charge in [-0.3, -0.25) is 19.1 Å². The number of anilines is 1. The SMILES string of the molecule is CCn1c(N2CCCC2)c(C=C2SC(=S)N(CCc3ccccc3)C2=O)c(C)c(C#N)c1=O. The first-order valence-electron chi connectivity index (χ1n) is 11.2. The molecule has 4 rings (SSSR count). The standard InChI is InChI=1S/C25H26N4O2S2/c1-3-28-22(27-12-7-8-13-27)19(17(2)20(16-26)23(28)30)15-21-24(31)29(25(32)33-21)14-11-18-9-5-4-6-10-18/h4-6,9-10,15H,3,7-8,11-14H2,1-2H3. The molecule has 0 spiro atoms. The fourth-order valence-electron chi connectivity index (χ4n) is 4.42. The molecule has 0 aliphatic carbocycles. The summed E-state index contributed by atoms with van der Waals surface area (Å²) in [4.78, 5) is 30.6. The van der Waals surface area contributed by atoms with Crippen LogP contribution in [-0.4, -0.2) is 39.3 Å². The van der Waals surface area contributed by atoms with Gasteiger partial charge >= 0.3 is 0 Å². The number of carbonyl (C=O) groups is 1. The number of aromatic nitrogens is 1. The molecule has 0 unspecified atom stereocenters. The third-order valence-electron chi connectivity index (χ3n) is 6.18. The van der Waals surface area contributed by atoms with Gasteiger partial charge in [-0.1, -0.05) is 54.3 Å². The zero-order chi connectivity index (χ0) is 23.5. The van der Waals surface area contributed by atoms with Crippen LogP contribution < -0.4 is 10.5 Å². The number of nitriles is 1. The fourth-order valence-corrected chi connectivity index (χ4v) is 5.71. The van der Waals surface area contributed by atoms with Crippen molar-refractivity contribution < 1.29 is 4.79 Å². The summed E-state index contributed by atoms with van der Waals surface area (Å²) in [6.07, 6.45) is 4.66. The molecule has 1 aromatic heterocycles. The van der Waals surface area contributed by atoms with Gasteiger partial charge in [0.05, 0.1) is 4.91 Å². The lowest BCUT2D eigenvalue weighted by Crippen LogP contribution is -2.33. The molecule has 3 heterocycles. The Morgan fingerprint density at radius 1 is 1.18 bits per heavy atom. The number of rotatable bonds is 6. The third-order valence-corrected chi connectivity index (χ3v) is 7.56. The van der Waals surface area contributed by atoms with Crippen molar-refractivity contribution in [3.05, 3.63) is 67.8 Å². The minimum absolute atomic E-state index is 0.125. The Kier molecular flexibility index (Phi) is 7.01. The summed E-state index contributed by atoms with van der Waals surface area (Å²) in [7, 11) is 0. The highest BCUT2D eigenvalue weighted by Crippen LogP contribution is 2.36. The normalized spacial score (nSPS) is 17.3. The zero-order valence-corrected chi connectivity index (χ0v) is 20.5. The smallest absolute Gasteiger partial charge is 0.270 e. The zero-order valence-electron chi connectivity index (χ0n) is 18.8. The minimum Gasteiger partial charge on any atom is -0.357 e. The van der Waals surface area contributed by atoms with Gasteiger partial charge < -0.3 is 4.90 Å². The Bertz CT molecular complexity index is 1220. The van der Waals surface area contributed by atoms with Gasteiger partial charge in [0.25, 0.3) is 11.5 Å². The first kappa shape index (κ1) is 23.3. The van der Waals surface area contributed by atoms with Crippen LogP contribution in [0.5, 0.6) is 0 Å². The van der Waals surface area contributed by atoms with Crippen molar-refractivity contribution in [1.29, 1.82) is 5.26 Å². The van der Waals surface area contributed by atoms with E-state index in [2.05, 4.69) is 11.0 Å². The summed E-state index contributed by atoms with van der Waals surface area (Å²) >= 11 is 6.81. The summed E-state index contributed by atoms with van der Waals surface area (Å²) in [5.41, 5.74) is 2.39. The highest BCUT2D eigenvalue weighted by molar-refractivity contribution is 8.26. The average Bonchev–Trinajstić information content (AvgIpc) is 3.43. The van der Waals surface area contributed by atoms with E-state index in [1.165, 1.54) is 11.8 Å². The molecule has 33 heavy (non-hydrogen) atoms. The van der Waals surface area contributed by atoms with Gasteiger partial charge in [0.15, 0.2) is 0 Å². The van der Waals surface area contributed by atoms with Crippen molar-refractivity contribution in [2.75, 3.05) is 24.5 Å². The Morgan fingerprint density at radius 2 is 1.88 bits per heavy atom. The molecular formula is C25H26N4O2S2. The lowest BCUT2D eigenvalue weighted by Gasteiger charge is -2.26. The van der Waals surface area contributed by atoms with Crippen LogP contribution >= 0.6 is 24.0 Å². The Labute approximate surface area is 203 Å². The maximum Gasteiger partial charge on any atom is 0.270 e. The number of amides is 1. The van der Waals surface area contributed by atoms with Crippen molar-refractivity contribution in [1.82, 2.24) is 9.47 Å². The average molecular weight is 479 g/mol. The molecule has 2 aliphatic rings. The topological polar surface area (TPSA) is 69.3 Å². The number of hydrogen-bond acceptors (Lipinski definition) is 6. The number of carbonyl (C=O) groups excluding carboxylic acids is 1. The van der Waals surface area contributed by atoms with Crippen molar-refractivity contribution in [3.63, 3.8) is 0 Å². The molecule has 2 aromatic rings. The van der Waals surface area contributed by atoms with Crippen molar-refractivity contribution in [2.45, 2.75) is 39.7 Å². The molecule has 8 heteroatoms. The Morgan fingerprint density at radius 3 is 2.52 bits per heavy atom. The van der Waals surface area contributed by atoms with Gasteiger partial charge in [-0.05, 0) is 50.3 Å². The molecule has 2 fully saturated rings. The van der Waals surface area contributed by atoms with Gasteiger partial charge in [0, 0.05) is 31.7 Å². The highest BCUT2D eigenvalue weighted by Gasteiger charge is 2.33. The molecule has 0 saturated carbocycles. The number of pyridine rings is 1. The molecule has 0 bridgehead atoms. The van der Waals surface area contributed by atoms with Crippen LogP contribution in [-0.2, 0) is 17.8 Å². The van der Waals surface area contributed by atoms with Gasteiger partial charge in [-0.25, -0.2) is 0 Å². The molecule has 0 radical (unpaired) electrons. The summed E-state index contributed by atoms with van der Waals surface area (Å²) < 4.78 is 2.20. The summed E-state index contributed by atoms with van der Waals surface area (Å²) in [5, 5.41) is 9.68. The summed E-state index contributed by atoms with van der Waals surface area (Å²) in [5.74, 6) is 0.673. The number of benzene rings is 1. The van der Waals surface area contributed by atoms with Crippen LogP contribution in [0, 0.1) is 18.3 Å². The van der Waals surface area contributed by atoms with Gasteiger partial charge in [0.2, 0.25) is 0 Å². The Hall–Kier alpha value is -2.89. The second-order valence-electron chi connectivity index (χ2n) is 8.16. The molecule has 6 nitrogen and oxygen atoms in total. The largest absolute Gasteiger partial charge is 0.357 e. The molecule has 2 aliphatic heterocycles.